The molecule has 2 aromatic rings. The van der Waals surface area contributed by atoms with Crippen LogP contribution in [0.3, 0.4) is 0 Å². The average molecular weight is 431 g/mol. The fourth-order valence-corrected chi connectivity index (χ4v) is 5.66. The van der Waals surface area contributed by atoms with Crippen molar-refractivity contribution in [3.8, 4) is 0 Å². The van der Waals surface area contributed by atoms with Gasteiger partial charge in [0.1, 0.15) is 11.4 Å². The summed E-state index contributed by atoms with van der Waals surface area (Å²) in [5.41, 5.74) is 4.25. The number of anilines is 3. The van der Waals surface area contributed by atoms with Crippen molar-refractivity contribution < 1.29 is 4.79 Å². The van der Waals surface area contributed by atoms with E-state index >= 15 is 0 Å². The predicted octanol–water partition coefficient (Wildman–Crippen LogP) is 4.43. The Labute approximate surface area is 188 Å². The summed E-state index contributed by atoms with van der Waals surface area (Å²) in [7, 11) is 0. The minimum atomic E-state index is -0.395. The molecule has 1 aromatic heterocycles. The lowest BCUT2D eigenvalue weighted by Crippen LogP contribution is -2.55. The number of hydrogen-bond acceptors (Lipinski definition) is 4. The molecule has 2 aliphatic heterocycles. The summed E-state index contributed by atoms with van der Waals surface area (Å²) in [6.45, 7) is 1.27. The summed E-state index contributed by atoms with van der Waals surface area (Å²) in [5, 5.41) is 10.3. The van der Waals surface area contributed by atoms with Crippen LogP contribution in [0.1, 0.15) is 49.7 Å². The Morgan fingerprint density at radius 1 is 1.16 bits per heavy atom. The number of hydrogen-bond donors (Lipinski definition) is 3. The number of carbonyl (C=O) groups excluding carboxylic acids is 1. The van der Waals surface area contributed by atoms with Gasteiger partial charge in [0, 0.05) is 18.4 Å². The topological polar surface area (TPSA) is 81.7 Å². The molecule has 2 amide bonds. The van der Waals surface area contributed by atoms with Crippen LogP contribution in [0, 0.1) is 0 Å². The van der Waals surface area contributed by atoms with Crippen LogP contribution in [0.25, 0.3) is 0 Å². The quantitative estimate of drug-likeness (QED) is 0.659. The molecular formula is C25H30N6O. The lowest BCUT2D eigenvalue weighted by molar-refractivity contribution is 0.221. The van der Waals surface area contributed by atoms with Crippen LogP contribution in [0.2, 0.25) is 0 Å². The molecule has 7 heteroatoms. The fraction of sp³-hybridized carbons (Fsp3) is 0.480. The number of aryl methyl sites for hydroxylation is 2. The molecule has 3 heterocycles. The summed E-state index contributed by atoms with van der Waals surface area (Å²) < 4.78 is 0. The van der Waals surface area contributed by atoms with E-state index in [-0.39, 0.29) is 6.03 Å². The Morgan fingerprint density at radius 3 is 2.94 bits per heavy atom. The molecule has 1 atom stereocenters. The normalized spacial score (nSPS) is 25.5. The Hall–Kier alpha value is -3.09. The maximum absolute atomic E-state index is 13.2. The van der Waals surface area contributed by atoms with Gasteiger partial charge in [-0.2, -0.15) is 0 Å². The summed E-state index contributed by atoms with van der Waals surface area (Å²) in [6.07, 6.45) is 10.8. The van der Waals surface area contributed by atoms with Crippen molar-refractivity contribution in [2.75, 3.05) is 29.0 Å². The van der Waals surface area contributed by atoms with Gasteiger partial charge in [0.15, 0.2) is 5.82 Å². The van der Waals surface area contributed by atoms with Crippen LogP contribution < -0.4 is 16.0 Å². The number of nitrogens with one attached hydrogen (secondary N) is 3. The first-order valence-corrected chi connectivity index (χ1v) is 11.9. The molecule has 1 saturated carbocycles. The third-order valence-electron chi connectivity index (χ3n) is 7.41. The molecule has 1 spiro atoms. The van der Waals surface area contributed by atoms with E-state index in [1.807, 2.05) is 23.1 Å². The maximum atomic E-state index is 13.2. The lowest BCUT2D eigenvalue weighted by Gasteiger charge is -2.38. The average Bonchev–Trinajstić information content (AvgIpc) is 3.55. The number of aromatic nitrogens is 1. The minimum Gasteiger partial charge on any atom is -0.368 e. The number of amides is 2. The number of amidine groups is 1. The summed E-state index contributed by atoms with van der Waals surface area (Å²) >= 11 is 0. The standard InChI is InChI=1S/C25H30N6O/c32-24(28-20-11-10-17-5-3-6-18(17)15-20)31-14-12-25(16-31)23(27-19-7-1-2-8-19)29-22-21(30-25)9-4-13-26-22/h4,9-11,13,15,19,30H,1-3,5-8,12,14,16H2,(H,28,32)(H,26,27,29)/t25-/m0/s1. The third-order valence-corrected chi connectivity index (χ3v) is 7.41. The van der Waals surface area contributed by atoms with Crippen LogP contribution in [-0.4, -0.2) is 46.4 Å². The number of benzene rings is 1. The van der Waals surface area contributed by atoms with Crippen LogP contribution in [0.15, 0.2) is 41.5 Å². The lowest BCUT2D eigenvalue weighted by atomic mass is 9.93. The molecule has 2 fully saturated rings. The highest BCUT2D eigenvalue weighted by molar-refractivity contribution is 6.09. The van der Waals surface area contributed by atoms with Gasteiger partial charge in [-0.25, -0.2) is 9.78 Å². The molecule has 1 aromatic carbocycles. The number of likely N-dealkylation sites (tertiary alicyclic amines) is 1. The monoisotopic (exact) mass is 430 g/mol. The third kappa shape index (κ3) is 3.49. The fourth-order valence-electron chi connectivity index (χ4n) is 5.66. The van der Waals surface area contributed by atoms with E-state index in [9.17, 15) is 4.79 Å². The number of nitrogens with zero attached hydrogens (tertiary/aromatic N) is 3. The van der Waals surface area contributed by atoms with Gasteiger partial charge in [-0.1, -0.05) is 18.9 Å². The molecule has 0 unspecified atom stereocenters. The highest BCUT2D eigenvalue weighted by atomic mass is 16.2. The Morgan fingerprint density at radius 2 is 2.03 bits per heavy atom. The van der Waals surface area contributed by atoms with Crippen LogP contribution in [0.5, 0.6) is 0 Å². The van der Waals surface area contributed by atoms with Crippen molar-refractivity contribution in [2.45, 2.75) is 62.9 Å². The van der Waals surface area contributed by atoms with Crippen molar-refractivity contribution in [1.82, 2.24) is 9.88 Å². The second-order valence-electron chi connectivity index (χ2n) is 9.59. The van der Waals surface area contributed by atoms with E-state index in [0.717, 1.165) is 55.1 Å². The number of fused-ring (bicyclic) bond motifs is 2. The second kappa shape index (κ2) is 7.80. The van der Waals surface area contributed by atoms with Crippen LogP contribution >= 0.6 is 0 Å². The molecule has 7 nitrogen and oxygen atoms in total. The predicted molar refractivity (Wildman–Crippen MR) is 128 cm³/mol. The Bertz CT molecular complexity index is 1080. The second-order valence-corrected chi connectivity index (χ2v) is 9.59. The molecule has 4 aliphatic rings. The van der Waals surface area contributed by atoms with E-state index < -0.39 is 5.54 Å². The van der Waals surface area contributed by atoms with E-state index in [1.165, 1.54) is 30.4 Å². The van der Waals surface area contributed by atoms with Crippen LogP contribution in [-0.2, 0) is 12.8 Å². The van der Waals surface area contributed by atoms with Gasteiger partial charge >= 0.3 is 6.03 Å². The van der Waals surface area contributed by atoms with Gasteiger partial charge < -0.3 is 20.9 Å². The van der Waals surface area contributed by atoms with E-state index in [1.54, 1.807) is 6.20 Å². The van der Waals surface area contributed by atoms with Gasteiger partial charge in [0.2, 0.25) is 0 Å². The number of pyridine rings is 1. The zero-order valence-corrected chi connectivity index (χ0v) is 18.4. The van der Waals surface area contributed by atoms with Gasteiger partial charge in [-0.05, 0) is 73.9 Å². The van der Waals surface area contributed by atoms with E-state index in [0.29, 0.717) is 19.1 Å². The van der Waals surface area contributed by atoms with Crippen molar-refractivity contribution in [2.24, 2.45) is 4.99 Å². The molecule has 166 valence electrons. The van der Waals surface area contributed by atoms with E-state index in [2.05, 4.69) is 33.1 Å². The van der Waals surface area contributed by atoms with Gasteiger partial charge in [0.05, 0.1) is 18.3 Å². The molecule has 6 rings (SSSR count). The first-order chi connectivity index (χ1) is 15.7. The highest BCUT2D eigenvalue weighted by Gasteiger charge is 2.47. The van der Waals surface area contributed by atoms with Gasteiger partial charge in [-0.15, -0.1) is 0 Å². The molecule has 0 radical (unpaired) electrons. The number of urea groups is 1. The van der Waals surface area contributed by atoms with Crippen molar-refractivity contribution in [3.63, 3.8) is 0 Å². The zero-order chi connectivity index (χ0) is 21.5. The van der Waals surface area contributed by atoms with E-state index in [4.69, 9.17) is 4.99 Å². The SMILES string of the molecule is O=C(Nc1ccc2c(c1)CCC2)N1CC[C@@]2(C1)Nc1cccnc1NC2=NC1CCCC1. The minimum absolute atomic E-state index is 0.0428. The molecule has 2 aliphatic carbocycles. The number of carbonyl (C=O) groups is 1. The Balaban J connectivity index is 1.23. The van der Waals surface area contributed by atoms with Gasteiger partial charge in [-0.3, -0.25) is 4.99 Å². The smallest absolute Gasteiger partial charge is 0.321 e. The summed E-state index contributed by atoms with van der Waals surface area (Å²) in [6, 6.07) is 10.6. The summed E-state index contributed by atoms with van der Waals surface area (Å²) in [4.78, 5) is 24.7. The van der Waals surface area contributed by atoms with Crippen molar-refractivity contribution >= 4 is 29.1 Å². The molecule has 0 bridgehead atoms. The maximum Gasteiger partial charge on any atom is 0.321 e. The zero-order valence-electron chi connectivity index (χ0n) is 18.4. The van der Waals surface area contributed by atoms with Crippen LogP contribution in [0.4, 0.5) is 22.0 Å². The first kappa shape index (κ1) is 19.6. The molecule has 3 N–H and O–H groups in total. The largest absolute Gasteiger partial charge is 0.368 e. The molecule has 1 saturated heterocycles. The molecule has 32 heavy (non-hydrogen) atoms. The van der Waals surface area contributed by atoms with Crippen molar-refractivity contribution in [1.29, 1.82) is 0 Å². The molecular weight excluding hydrogens is 400 g/mol. The number of rotatable bonds is 2. The first-order valence-electron chi connectivity index (χ1n) is 11.9. The number of aliphatic imine (C=N–C) groups is 1. The van der Waals surface area contributed by atoms with Gasteiger partial charge in [0.25, 0.3) is 0 Å². The van der Waals surface area contributed by atoms with Crippen molar-refractivity contribution in [3.05, 3.63) is 47.7 Å². The Kier molecular flexibility index (Phi) is 4.77. The summed E-state index contributed by atoms with van der Waals surface area (Å²) in [5.74, 6) is 1.75. The highest BCUT2D eigenvalue weighted by Crippen LogP contribution is 2.36.